The first-order valence-electron chi connectivity index (χ1n) is 8.61. The van der Waals surface area contributed by atoms with Crippen LogP contribution >= 0.6 is 22.6 Å². The highest BCUT2D eigenvalue weighted by atomic mass is 127. The predicted molar refractivity (Wildman–Crippen MR) is 114 cm³/mol. The summed E-state index contributed by atoms with van der Waals surface area (Å²) in [6.45, 7) is 2.14. The van der Waals surface area contributed by atoms with Gasteiger partial charge in [0.05, 0.1) is 6.33 Å². The monoisotopic (exact) mass is 450 g/mol. The van der Waals surface area contributed by atoms with Gasteiger partial charge in [-0.2, -0.15) is 0 Å². The molecule has 0 unspecified atom stereocenters. The number of halogens is 1. The zero-order valence-electron chi connectivity index (χ0n) is 14.5. The Bertz CT molecular complexity index is 896. The van der Waals surface area contributed by atoms with Crippen LogP contribution in [0.15, 0.2) is 97.3 Å². The number of aromatic nitrogens is 2. The number of hydrogen-bond donors (Lipinski definition) is 0. The average molecular weight is 450 g/mol. The molecule has 2 nitrogen and oxygen atoms in total. The quantitative estimate of drug-likeness (QED) is 0.291. The summed E-state index contributed by atoms with van der Waals surface area (Å²) in [4.78, 5) is 4.61. The molecular weight excluding hydrogens is 431 g/mol. The van der Waals surface area contributed by atoms with Crippen LogP contribution in [0.5, 0.6) is 0 Å². The lowest BCUT2D eigenvalue weighted by molar-refractivity contribution is 0.503. The van der Waals surface area contributed by atoms with E-state index in [2.05, 4.69) is 130 Å². The van der Waals surface area contributed by atoms with Gasteiger partial charge in [-0.25, -0.2) is 4.98 Å². The maximum Gasteiger partial charge on any atom is 0.122 e. The first kappa shape index (κ1) is 17.0. The van der Waals surface area contributed by atoms with Crippen LogP contribution in [0.2, 0.25) is 0 Å². The lowest BCUT2D eigenvalue weighted by atomic mass is 9.76. The number of imidazole rings is 1. The Morgan fingerprint density at radius 1 is 0.692 bits per heavy atom. The molecule has 26 heavy (non-hydrogen) atoms. The molecule has 3 heteroatoms. The van der Waals surface area contributed by atoms with Gasteiger partial charge in [0.2, 0.25) is 0 Å². The minimum Gasteiger partial charge on any atom is -0.315 e. The highest BCUT2D eigenvalue weighted by Gasteiger charge is 2.39. The van der Waals surface area contributed by atoms with E-state index in [0.717, 1.165) is 9.39 Å². The lowest BCUT2D eigenvalue weighted by Crippen LogP contribution is -2.38. The van der Waals surface area contributed by atoms with Crippen molar-refractivity contribution in [3.63, 3.8) is 0 Å². The Kier molecular flexibility index (Phi) is 4.64. The standard InChI is InChI=1S/C23H19IN2/c1-18-22(24)25-17-26(18)23(19-11-5-2-6-12-19,20-13-7-3-8-14-20)21-15-9-4-10-16-21/h2-17H,1H3. The van der Waals surface area contributed by atoms with E-state index in [0.29, 0.717) is 0 Å². The van der Waals surface area contributed by atoms with Gasteiger partial charge in [-0.15, -0.1) is 0 Å². The zero-order chi connectivity index (χ0) is 18.0. The van der Waals surface area contributed by atoms with Crippen molar-refractivity contribution in [3.05, 3.63) is 123 Å². The molecule has 0 amide bonds. The molecule has 0 aliphatic rings. The summed E-state index contributed by atoms with van der Waals surface area (Å²) in [5.74, 6) is 0. The molecule has 0 spiro atoms. The van der Waals surface area contributed by atoms with Crippen molar-refractivity contribution in [1.82, 2.24) is 9.55 Å². The van der Waals surface area contributed by atoms with E-state index >= 15 is 0 Å². The molecule has 0 atom stereocenters. The van der Waals surface area contributed by atoms with Crippen LogP contribution in [0.1, 0.15) is 22.4 Å². The van der Waals surface area contributed by atoms with Crippen molar-refractivity contribution in [3.8, 4) is 0 Å². The molecule has 4 aromatic rings. The van der Waals surface area contributed by atoms with E-state index in [4.69, 9.17) is 0 Å². The minimum atomic E-state index is -0.468. The molecule has 128 valence electrons. The molecule has 0 radical (unpaired) electrons. The second-order valence-corrected chi connectivity index (χ2v) is 7.32. The van der Waals surface area contributed by atoms with E-state index in [-0.39, 0.29) is 0 Å². The molecule has 4 rings (SSSR count). The molecule has 3 aromatic carbocycles. The molecule has 1 heterocycles. The third-order valence-electron chi connectivity index (χ3n) is 4.88. The fourth-order valence-electron chi connectivity index (χ4n) is 3.68. The summed E-state index contributed by atoms with van der Waals surface area (Å²) in [7, 11) is 0. The van der Waals surface area contributed by atoms with Crippen molar-refractivity contribution >= 4 is 22.6 Å². The Hall–Kier alpha value is -2.40. The molecule has 0 aliphatic heterocycles. The largest absolute Gasteiger partial charge is 0.315 e. The number of rotatable bonds is 4. The Labute approximate surface area is 167 Å². The molecule has 0 N–H and O–H groups in total. The normalized spacial score (nSPS) is 11.5. The second kappa shape index (κ2) is 7.08. The van der Waals surface area contributed by atoms with Crippen molar-refractivity contribution in [2.45, 2.75) is 12.5 Å². The summed E-state index contributed by atoms with van der Waals surface area (Å²) >= 11 is 2.31. The van der Waals surface area contributed by atoms with Gasteiger partial charge in [-0.1, -0.05) is 91.0 Å². The maximum atomic E-state index is 4.61. The lowest BCUT2D eigenvalue weighted by Gasteiger charge is -2.38. The third-order valence-corrected chi connectivity index (χ3v) is 5.94. The summed E-state index contributed by atoms with van der Waals surface area (Å²) in [5, 5.41) is 0. The van der Waals surface area contributed by atoms with Crippen LogP contribution in [-0.4, -0.2) is 9.55 Å². The molecule has 0 saturated heterocycles. The fraction of sp³-hybridized carbons (Fsp3) is 0.0870. The van der Waals surface area contributed by atoms with Crippen molar-refractivity contribution < 1.29 is 0 Å². The Balaban J connectivity index is 2.16. The van der Waals surface area contributed by atoms with E-state index < -0.39 is 5.54 Å². The van der Waals surface area contributed by atoms with Gasteiger partial charge in [-0.3, -0.25) is 0 Å². The van der Waals surface area contributed by atoms with Gasteiger partial charge in [0.15, 0.2) is 0 Å². The van der Waals surface area contributed by atoms with Crippen LogP contribution in [-0.2, 0) is 5.54 Å². The first-order valence-corrected chi connectivity index (χ1v) is 9.69. The van der Waals surface area contributed by atoms with E-state index in [9.17, 15) is 0 Å². The van der Waals surface area contributed by atoms with Gasteiger partial charge in [0.25, 0.3) is 0 Å². The van der Waals surface area contributed by atoms with E-state index in [1.165, 1.54) is 16.7 Å². The fourth-order valence-corrected chi connectivity index (χ4v) is 4.07. The Morgan fingerprint density at radius 3 is 1.38 bits per heavy atom. The van der Waals surface area contributed by atoms with Crippen molar-refractivity contribution in [1.29, 1.82) is 0 Å². The number of hydrogen-bond acceptors (Lipinski definition) is 1. The topological polar surface area (TPSA) is 17.8 Å². The minimum absolute atomic E-state index is 0.468. The predicted octanol–water partition coefficient (Wildman–Crippen LogP) is 5.64. The van der Waals surface area contributed by atoms with E-state index in [1.54, 1.807) is 0 Å². The van der Waals surface area contributed by atoms with Gasteiger partial charge >= 0.3 is 0 Å². The molecule has 1 aromatic heterocycles. The third kappa shape index (κ3) is 2.67. The molecule has 0 fully saturated rings. The van der Waals surface area contributed by atoms with Gasteiger partial charge < -0.3 is 4.57 Å². The van der Waals surface area contributed by atoms with Crippen LogP contribution < -0.4 is 0 Å². The van der Waals surface area contributed by atoms with Crippen LogP contribution in [0, 0.1) is 10.6 Å². The molecule has 0 aliphatic carbocycles. The summed E-state index contributed by atoms with van der Waals surface area (Å²) in [5.41, 5.74) is 4.34. The highest BCUT2D eigenvalue weighted by molar-refractivity contribution is 14.1. The van der Waals surface area contributed by atoms with Crippen LogP contribution in [0.4, 0.5) is 0 Å². The van der Waals surface area contributed by atoms with Crippen molar-refractivity contribution in [2.24, 2.45) is 0 Å². The summed E-state index contributed by atoms with van der Waals surface area (Å²) in [6, 6.07) is 32.0. The number of benzene rings is 3. The van der Waals surface area contributed by atoms with Crippen molar-refractivity contribution in [2.75, 3.05) is 0 Å². The van der Waals surface area contributed by atoms with Crippen LogP contribution in [0.3, 0.4) is 0 Å². The Morgan fingerprint density at radius 2 is 1.08 bits per heavy atom. The summed E-state index contributed by atoms with van der Waals surface area (Å²) < 4.78 is 3.32. The second-order valence-electron chi connectivity index (χ2n) is 6.30. The highest BCUT2D eigenvalue weighted by Crippen LogP contribution is 2.41. The van der Waals surface area contributed by atoms with Gasteiger partial charge in [0.1, 0.15) is 9.24 Å². The van der Waals surface area contributed by atoms with Crippen LogP contribution in [0.25, 0.3) is 0 Å². The smallest absolute Gasteiger partial charge is 0.122 e. The van der Waals surface area contributed by atoms with E-state index in [1.807, 2.05) is 6.33 Å². The first-order chi connectivity index (χ1) is 12.7. The molecule has 0 bridgehead atoms. The molecular formula is C23H19IN2. The average Bonchev–Trinajstić information content (AvgIpc) is 3.04. The SMILES string of the molecule is Cc1c(I)ncn1C(c1ccccc1)(c1ccccc1)c1ccccc1. The molecule has 0 saturated carbocycles. The van der Waals surface area contributed by atoms with Gasteiger partial charge in [0, 0.05) is 5.69 Å². The van der Waals surface area contributed by atoms with Gasteiger partial charge in [-0.05, 0) is 46.2 Å². The summed E-state index contributed by atoms with van der Waals surface area (Å²) in [6.07, 6.45) is 1.96. The zero-order valence-corrected chi connectivity index (χ0v) is 16.7. The maximum absolute atomic E-state index is 4.61. The number of nitrogens with zero attached hydrogens (tertiary/aromatic N) is 2.